The lowest BCUT2D eigenvalue weighted by Crippen LogP contribution is -2.05. The van der Waals surface area contributed by atoms with E-state index in [4.69, 9.17) is 0 Å². The highest BCUT2D eigenvalue weighted by Crippen LogP contribution is 2.22. The summed E-state index contributed by atoms with van der Waals surface area (Å²) in [5.41, 5.74) is 3.01. The quantitative estimate of drug-likeness (QED) is 0.564. The second-order valence-electron chi connectivity index (χ2n) is 4.44. The predicted octanol–water partition coefficient (Wildman–Crippen LogP) is 2.28. The standard InChI is InChI=1S/C14H9N5O.ClH/c20-14-9-5-11-12(6-10(9)16-7-17-14)19-13(18-11)8-1-3-15-4-2-8;/h1-7H,(H,18,19)(H,16,17,20);1H. The summed E-state index contributed by atoms with van der Waals surface area (Å²) in [4.78, 5) is 30.2. The zero-order valence-corrected chi connectivity index (χ0v) is 11.5. The van der Waals surface area contributed by atoms with E-state index in [1.165, 1.54) is 6.33 Å². The fourth-order valence-electron chi connectivity index (χ4n) is 2.22. The van der Waals surface area contributed by atoms with E-state index in [9.17, 15) is 4.79 Å². The van der Waals surface area contributed by atoms with E-state index >= 15 is 0 Å². The van der Waals surface area contributed by atoms with Crippen molar-refractivity contribution in [1.82, 2.24) is 24.9 Å². The zero-order valence-electron chi connectivity index (χ0n) is 10.7. The average Bonchev–Trinajstić information content (AvgIpc) is 2.90. The smallest absolute Gasteiger partial charge is 0.258 e. The summed E-state index contributed by atoms with van der Waals surface area (Å²) in [6.07, 6.45) is 4.82. The summed E-state index contributed by atoms with van der Waals surface area (Å²) < 4.78 is 0. The molecule has 4 aromatic rings. The van der Waals surface area contributed by atoms with Crippen molar-refractivity contribution < 1.29 is 0 Å². The third kappa shape index (κ3) is 2.15. The van der Waals surface area contributed by atoms with Crippen molar-refractivity contribution in [1.29, 1.82) is 0 Å². The molecule has 0 atom stereocenters. The first-order valence-electron chi connectivity index (χ1n) is 6.09. The van der Waals surface area contributed by atoms with Crippen LogP contribution in [0.15, 0.2) is 47.8 Å². The van der Waals surface area contributed by atoms with Gasteiger partial charge in [0.15, 0.2) is 0 Å². The molecule has 0 saturated heterocycles. The van der Waals surface area contributed by atoms with Crippen molar-refractivity contribution in [2.24, 2.45) is 0 Å². The fourth-order valence-corrected chi connectivity index (χ4v) is 2.22. The van der Waals surface area contributed by atoms with E-state index in [1.807, 2.05) is 12.1 Å². The predicted molar refractivity (Wildman–Crippen MR) is 82.5 cm³/mol. The molecule has 6 nitrogen and oxygen atoms in total. The molecule has 0 saturated carbocycles. The number of aromatic amines is 2. The average molecular weight is 300 g/mol. The molecule has 4 rings (SSSR count). The number of imidazole rings is 1. The van der Waals surface area contributed by atoms with E-state index in [2.05, 4.69) is 24.9 Å². The van der Waals surface area contributed by atoms with Crippen molar-refractivity contribution in [2.75, 3.05) is 0 Å². The highest BCUT2D eigenvalue weighted by molar-refractivity contribution is 5.93. The summed E-state index contributed by atoms with van der Waals surface area (Å²) in [5, 5.41) is 0.546. The van der Waals surface area contributed by atoms with E-state index in [0.29, 0.717) is 10.9 Å². The maximum atomic E-state index is 11.8. The molecule has 0 amide bonds. The molecule has 3 heterocycles. The number of aromatic nitrogens is 5. The third-order valence-corrected chi connectivity index (χ3v) is 3.20. The first-order valence-corrected chi connectivity index (χ1v) is 6.09. The van der Waals surface area contributed by atoms with Crippen molar-refractivity contribution in [3.8, 4) is 11.4 Å². The molecule has 0 radical (unpaired) electrons. The molecule has 1 aromatic carbocycles. The summed E-state index contributed by atoms with van der Waals surface area (Å²) in [6, 6.07) is 7.33. The van der Waals surface area contributed by atoms with Crippen LogP contribution >= 0.6 is 12.4 Å². The van der Waals surface area contributed by atoms with E-state index in [1.54, 1.807) is 24.5 Å². The Kier molecular flexibility index (Phi) is 3.15. The van der Waals surface area contributed by atoms with Gasteiger partial charge in [0.05, 0.1) is 28.3 Å². The number of nitrogens with zero attached hydrogens (tertiary/aromatic N) is 3. The van der Waals surface area contributed by atoms with E-state index in [0.717, 1.165) is 22.4 Å². The number of hydrogen-bond donors (Lipinski definition) is 2. The summed E-state index contributed by atoms with van der Waals surface area (Å²) in [7, 11) is 0. The summed E-state index contributed by atoms with van der Waals surface area (Å²) in [6.45, 7) is 0. The zero-order chi connectivity index (χ0) is 13.5. The second kappa shape index (κ2) is 4.99. The molecule has 0 bridgehead atoms. The minimum atomic E-state index is -0.156. The summed E-state index contributed by atoms with van der Waals surface area (Å²) in [5.74, 6) is 0.745. The van der Waals surface area contributed by atoms with Crippen LogP contribution in [0.4, 0.5) is 0 Å². The Bertz CT molecular complexity index is 977. The molecule has 21 heavy (non-hydrogen) atoms. The summed E-state index contributed by atoms with van der Waals surface area (Å²) >= 11 is 0. The Hall–Kier alpha value is -2.73. The normalized spacial score (nSPS) is 10.7. The van der Waals surface area contributed by atoms with Crippen LogP contribution in [0.3, 0.4) is 0 Å². The molecule has 0 spiro atoms. The van der Waals surface area contributed by atoms with Crippen LogP contribution < -0.4 is 5.56 Å². The number of hydrogen-bond acceptors (Lipinski definition) is 4. The van der Waals surface area contributed by atoms with Gasteiger partial charge in [-0.05, 0) is 24.3 Å². The molecule has 0 fully saturated rings. The molecular formula is C14H10ClN5O. The van der Waals surface area contributed by atoms with Gasteiger partial charge in [-0.1, -0.05) is 0 Å². The van der Waals surface area contributed by atoms with Gasteiger partial charge in [-0.25, -0.2) is 9.97 Å². The monoisotopic (exact) mass is 299 g/mol. The topological polar surface area (TPSA) is 87.3 Å². The van der Waals surface area contributed by atoms with Crippen molar-refractivity contribution in [3.05, 3.63) is 53.3 Å². The van der Waals surface area contributed by atoms with Gasteiger partial charge in [0, 0.05) is 18.0 Å². The Morgan fingerprint density at radius 2 is 1.86 bits per heavy atom. The van der Waals surface area contributed by atoms with Crippen molar-refractivity contribution >= 4 is 34.3 Å². The first-order chi connectivity index (χ1) is 9.81. The Morgan fingerprint density at radius 3 is 2.67 bits per heavy atom. The van der Waals surface area contributed by atoms with Crippen molar-refractivity contribution in [3.63, 3.8) is 0 Å². The number of fused-ring (bicyclic) bond motifs is 2. The molecule has 0 aliphatic heterocycles. The minimum absolute atomic E-state index is 0. The molecule has 0 aliphatic carbocycles. The second-order valence-corrected chi connectivity index (χ2v) is 4.44. The highest BCUT2D eigenvalue weighted by Gasteiger charge is 2.08. The number of halogens is 1. The van der Waals surface area contributed by atoms with E-state index in [-0.39, 0.29) is 18.0 Å². The fraction of sp³-hybridized carbons (Fsp3) is 0. The van der Waals surface area contributed by atoms with Crippen LogP contribution in [0.25, 0.3) is 33.3 Å². The lowest BCUT2D eigenvalue weighted by molar-refractivity contribution is 1.17. The van der Waals surface area contributed by atoms with Gasteiger partial charge in [-0.2, -0.15) is 0 Å². The number of H-pyrrole nitrogens is 2. The Morgan fingerprint density at radius 1 is 1.05 bits per heavy atom. The van der Waals surface area contributed by atoms with Crippen LogP contribution in [0.5, 0.6) is 0 Å². The molecule has 104 valence electrons. The van der Waals surface area contributed by atoms with Crippen LogP contribution in [-0.4, -0.2) is 24.9 Å². The molecule has 0 unspecified atom stereocenters. The Labute approximate surface area is 124 Å². The largest absolute Gasteiger partial charge is 0.338 e. The van der Waals surface area contributed by atoms with Gasteiger partial charge < -0.3 is 9.97 Å². The van der Waals surface area contributed by atoms with Gasteiger partial charge >= 0.3 is 0 Å². The van der Waals surface area contributed by atoms with Gasteiger partial charge in [-0.3, -0.25) is 9.78 Å². The number of benzene rings is 1. The minimum Gasteiger partial charge on any atom is -0.338 e. The van der Waals surface area contributed by atoms with Gasteiger partial charge in [0.1, 0.15) is 5.82 Å². The highest BCUT2D eigenvalue weighted by atomic mass is 35.5. The molecular weight excluding hydrogens is 290 g/mol. The van der Waals surface area contributed by atoms with Gasteiger partial charge in [0.25, 0.3) is 5.56 Å². The molecule has 3 aromatic heterocycles. The number of rotatable bonds is 1. The number of pyridine rings is 1. The van der Waals surface area contributed by atoms with Gasteiger partial charge in [-0.15, -0.1) is 12.4 Å². The molecule has 2 N–H and O–H groups in total. The lowest BCUT2D eigenvalue weighted by atomic mass is 10.2. The SMILES string of the molecule is Cl.O=c1[nH]cnc2cc3nc(-c4ccncc4)[nH]c3cc12. The van der Waals surface area contributed by atoms with Crippen LogP contribution in [-0.2, 0) is 0 Å². The van der Waals surface area contributed by atoms with Crippen molar-refractivity contribution in [2.45, 2.75) is 0 Å². The van der Waals surface area contributed by atoms with Crippen LogP contribution in [0, 0.1) is 0 Å². The lowest BCUT2D eigenvalue weighted by Gasteiger charge is -1.94. The molecule has 7 heteroatoms. The van der Waals surface area contributed by atoms with Crippen LogP contribution in [0.1, 0.15) is 0 Å². The number of nitrogens with one attached hydrogen (secondary N) is 2. The van der Waals surface area contributed by atoms with E-state index < -0.39 is 0 Å². The first kappa shape index (κ1) is 13.3. The molecule has 0 aliphatic rings. The third-order valence-electron chi connectivity index (χ3n) is 3.20. The Balaban J connectivity index is 0.00000132. The van der Waals surface area contributed by atoms with Crippen LogP contribution in [0.2, 0.25) is 0 Å². The maximum absolute atomic E-state index is 11.8. The van der Waals surface area contributed by atoms with Gasteiger partial charge in [0.2, 0.25) is 0 Å². The maximum Gasteiger partial charge on any atom is 0.258 e.